The highest BCUT2D eigenvalue weighted by Crippen LogP contribution is 2.35. The molecule has 4 N–H and O–H groups in total. The zero-order valence-corrected chi connectivity index (χ0v) is 11.9. The second-order valence-corrected chi connectivity index (χ2v) is 5.47. The van der Waals surface area contributed by atoms with Gasteiger partial charge in [-0.25, -0.2) is 14.6 Å². The van der Waals surface area contributed by atoms with E-state index in [-0.39, 0.29) is 0 Å². The smallest absolute Gasteiger partial charge is 0.152 e. The number of nitrogens with zero attached hydrogens (tertiary/aromatic N) is 4. The van der Waals surface area contributed by atoms with Gasteiger partial charge in [0.05, 0.1) is 18.2 Å². The van der Waals surface area contributed by atoms with Crippen LogP contribution in [0.5, 0.6) is 0 Å². The van der Waals surface area contributed by atoms with E-state index in [1.807, 2.05) is 4.57 Å². The second-order valence-electron chi connectivity index (χ2n) is 5.47. The number of aromatic nitrogens is 4. The van der Waals surface area contributed by atoms with Crippen molar-refractivity contribution in [2.75, 3.05) is 11.6 Å². The number of nitrogen functional groups attached to an aromatic ring is 2. The van der Waals surface area contributed by atoms with Gasteiger partial charge in [-0.05, 0) is 19.8 Å². The summed E-state index contributed by atoms with van der Waals surface area (Å²) in [5, 5.41) is 0. The molecule has 0 atom stereocenters. The first kappa shape index (κ1) is 13.0. The van der Waals surface area contributed by atoms with Crippen LogP contribution in [-0.2, 0) is 6.54 Å². The van der Waals surface area contributed by atoms with Crippen LogP contribution in [0.4, 0.5) is 5.82 Å². The Morgan fingerprint density at radius 2 is 2.05 bits per heavy atom. The van der Waals surface area contributed by atoms with Crippen LogP contribution in [0.3, 0.4) is 0 Å². The first-order valence-corrected chi connectivity index (χ1v) is 7.36. The second kappa shape index (κ2) is 5.19. The van der Waals surface area contributed by atoms with Crippen molar-refractivity contribution in [2.45, 2.75) is 51.5 Å². The predicted molar refractivity (Wildman–Crippen MR) is 79.5 cm³/mol. The van der Waals surface area contributed by atoms with Gasteiger partial charge in [-0.2, -0.15) is 0 Å². The molecule has 2 heterocycles. The van der Waals surface area contributed by atoms with E-state index in [0.29, 0.717) is 11.7 Å². The summed E-state index contributed by atoms with van der Waals surface area (Å²) >= 11 is 0. The van der Waals surface area contributed by atoms with E-state index in [1.54, 1.807) is 17.2 Å². The van der Waals surface area contributed by atoms with E-state index < -0.39 is 0 Å². The van der Waals surface area contributed by atoms with Gasteiger partial charge in [-0.15, -0.1) is 0 Å². The Labute approximate surface area is 118 Å². The molecule has 0 unspecified atom stereocenters. The zero-order valence-electron chi connectivity index (χ0n) is 11.9. The molecule has 0 aromatic carbocycles. The minimum Gasteiger partial charge on any atom is -0.382 e. The molecule has 6 heteroatoms. The minimum atomic E-state index is 0.433. The van der Waals surface area contributed by atoms with Gasteiger partial charge in [0.1, 0.15) is 11.5 Å². The van der Waals surface area contributed by atoms with Crippen LogP contribution in [0, 0.1) is 0 Å². The SMILES string of the molecule is CCn1cncc1-c1nc(C2CCCCC2)n(N)c1N. The van der Waals surface area contributed by atoms with Crippen LogP contribution in [0.25, 0.3) is 11.4 Å². The maximum atomic E-state index is 6.16. The fraction of sp³-hybridized carbons (Fsp3) is 0.571. The lowest BCUT2D eigenvalue weighted by molar-refractivity contribution is 0.424. The molecule has 108 valence electrons. The molecular formula is C14H22N6. The maximum Gasteiger partial charge on any atom is 0.152 e. The third-order valence-corrected chi connectivity index (χ3v) is 4.24. The van der Waals surface area contributed by atoms with Gasteiger partial charge in [0, 0.05) is 12.5 Å². The summed E-state index contributed by atoms with van der Waals surface area (Å²) in [5.74, 6) is 8.01. The standard InChI is InChI=1S/C14H22N6/c1-2-19-9-17-8-11(19)12-13(15)20(16)14(18-12)10-6-4-3-5-7-10/h8-10H,2-7,15-16H2,1H3. The quantitative estimate of drug-likeness (QED) is 0.839. The van der Waals surface area contributed by atoms with E-state index in [9.17, 15) is 0 Å². The van der Waals surface area contributed by atoms with Crippen molar-refractivity contribution in [1.29, 1.82) is 0 Å². The van der Waals surface area contributed by atoms with Gasteiger partial charge in [0.25, 0.3) is 0 Å². The van der Waals surface area contributed by atoms with E-state index in [1.165, 1.54) is 19.3 Å². The lowest BCUT2D eigenvalue weighted by atomic mass is 9.89. The minimum absolute atomic E-state index is 0.433. The predicted octanol–water partition coefficient (Wildman–Crippen LogP) is 2.11. The highest BCUT2D eigenvalue weighted by atomic mass is 15.4. The average molecular weight is 274 g/mol. The highest BCUT2D eigenvalue weighted by Gasteiger charge is 2.24. The molecule has 0 aliphatic heterocycles. The molecule has 0 bridgehead atoms. The molecule has 1 aliphatic carbocycles. The molecule has 1 fully saturated rings. The van der Waals surface area contributed by atoms with Gasteiger partial charge in [-0.1, -0.05) is 19.3 Å². The monoisotopic (exact) mass is 274 g/mol. The summed E-state index contributed by atoms with van der Waals surface area (Å²) < 4.78 is 3.60. The van der Waals surface area contributed by atoms with Gasteiger partial charge >= 0.3 is 0 Å². The van der Waals surface area contributed by atoms with Crippen LogP contribution in [-0.4, -0.2) is 19.2 Å². The van der Waals surface area contributed by atoms with Gasteiger partial charge in [-0.3, -0.25) is 0 Å². The Hall–Kier alpha value is -1.98. The van der Waals surface area contributed by atoms with Crippen LogP contribution in [0.15, 0.2) is 12.5 Å². The van der Waals surface area contributed by atoms with Crippen molar-refractivity contribution in [1.82, 2.24) is 19.2 Å². The number of hydrogen-bond acceptors (Lipinski definition) is 4. The number of nitrogens with two attached hydrogens (primary N) is 2. The lowest BCUT2D eigenvalue weighted by Gasteiger charge is -2.20. The molecule has 1 aliphatic rings. The van der Waals surface area contributed by atoms with Crippen LogP contribution < -0.4 is 11.6 Å². The first-order chi connectivity index (χ1) is 9.72. The van der Waals surface area contributed by atoms with E-state index >= 15 is 0 Å². The van der Waals surface area contributed by atoms with Crippen molar-refractivity contribution in [3.8, 4) is 11.4 Å². The van der Waals surface area contributed by atoms with Crippen molar-refractivity contribution in [3.63, 3.8) is 0 Å². The van der Waals surface area contributed by atoms with Crippen molar-refractivity contribution < 1.29 is 0 Å². The summed E-state index contributed by atoms with van der Waals surface area (Å²) in [4.78, 5) is 8.92. The Balaban J connectivity index is 2.01. The highest BCUT2D eigenvalue weighted by molar-refractivity contribution is 5.68. The first-order valence-electron chi connectivity index (χ1n) is 7.36. The van der Waals surface area contributed by atoms with Crippen LogP contribution in [0.1, 0.15) is 50.8 Å². The molecule has 2 aromatic heterocycles. The van der Waals surface area contributed by atoms with Crippen molar-refractivity contribution in [2.24, 2.45) is 0 Å². The van der Waals surface area contributed by atoms with Crippen molar-refractivity contribution in [3.05, 3.63) is 18.3 Å². The number of aryl methyl sites for hydroxylation is 1. The third-order valence-electron chi connectivity index (χ3n) is 4.24. The summed E-state index contributed by atoms with van der Waals surface area (Å²) in [6.07, 6.45) is 9.71. The topological polar surface area (TPSA) is 87.7 Å². The Kier molecular flexibility index (Phi) is 3.38. The number of hydrogen-bond donors (Lipinski definition) is 2. The Morgan fingerprint density at radius 3 is 2.75 bits per heavy atom. The summed E-state index contributed by atoms with van der Waals surface area (Å²) in [7, 11) is 0. The summed E-state index contributed by atoms with van der Waals surface area (Å²) in [6.45, 7) is 2.91. The van der Waals surface area contributed by atoms with Crippen molar-refractivity contribution >= 4 is 5.82 Å². The fourth-order valence-electron chi connectivity index (χ4n) is 3.07. The Bertz CT molecular complexity index is 591. The van der Waals surface area contributed by atoms with Gasteiger partial charge in [0.2, 0.25) is 0 Å². The largest absolute Gasteiger partial charge is 0.382 e. The number of imidazole rings is 2. The maximum absolute atomic E-state index is 6.16. The normalized spacial score (nSPS) is 16.6. The average Bonchev–Trinajstić information content (AvgIpc) is 3.06. The number of anilines is 1. The van der Waals surface area contributed by atoms with E-state index in [0.717, 1.165) is 36.6 Å². The Morgan fingerprint density at radius 1 is 1.30 bits per heavy atom. The molecule has 0 amide bonds. The molecule has 0 radical (unpaired) electrons. The molecular weight excluding hydrogens is 252 g/mol. The van der Waals surface area contributed by atoms with Gasteiger partial charge < -0.3 is 16.1 Å². The summed E-state index contributed by atoms with van der Waals surface area (Å²) in [5.41, 5.74) is 7.85. The molecule has 0 spiro atoms. The molecule has 20 heavy (non-hydrogen) atoms. The molecule has 6 nitrogen and oxygen atoms in total. The van der Waals surface area contributed by atoms with Crippen LogP contribution >= 0.6 is 0 Å². The molecule has 0 saturated heterocycles. The number of rotatable bonds is 3. The molecule has 1 saturated carbocycles. The fourth-order valence-corrected chi connectivity index (χ4v) is 3.07. The van der Waals surface area contributed by atoms with Gasteiger partial charge in [0.15, 0.2) is 5.82 Å². The van der Waals surface area contributed by atoms with E-state index in [2.05, 4.69) is 11.9 Å². The van der Waals surface area contributed by atoms with Crippen LogP contribution in [0.2, 0.25) is 0 Å². The van der Waals surface area contributed by atoms with E-state index in [4.69, 9.17) is 16.6 Å². The third kappa shape index (κ3) is 2.05. The molecule has 2 aromatic rings. The zero-order chi connectivity index (χ0) is 14.1. The lowest BCUT2D eigenvalue weighted by Crippen LogP contribution is -2.19. The molecule has 3 rings (SSSR count). The summed E-state index contributed by atoms with van der Waals surface area (Å²) in [6, 6.07) is 0.